The zero-order chi connectivity index (χ0) is 14.7. The summed E-state index contributed by atoms with van der Waals surface area (Å²) < 4.78 is 1.96. The molecule has 0 saturated heterocycles. The monoisotopic (exact) mass is 272 g/mol. The first-order chi connectivity index (χ1) is 9.45. The molecular weight excluding hydrogens is 248 g/mol. The minimum absolute atomic E-state index is 0.444. The fourth-order valence-electron chi connectivity index (χ4n) is 2.39. The van der Waals surface area contributed by atoms with E-state index in [0.29, 0.717) is 6.04 Å². The lowest BCUT2D eigenvalue weighted by molar-refractivity contribution is 0.240. The molecule has 0 bridgehead atoms. The maximum absolute atomic E-state index is 4.45. The van der Waals surface area contributed by atoms with Gasteiger partial charge in [0.05, 0.1) is 11.4 Å². The lowest BCUT2D eigenvalue weighted by atomic mass is 10.1. The summed E-state index contributed by atoms with van der Waals surface area (Å²) in [6.07, 6.45) is 2.86. The molecule has 0 radical (unpaired) electrons. The normalized spacial score (nSPS) is 12.9. The lowest BCUT2D eigenvalue weighted by Crippen LogP contribution is -2.31. The third kappa shape index (κ3) is 3.67. The summed E-state index contributed by atoms with van der Waals surface area (Å²) in [5, 5.41) is 4.40. The molecule has 0 spiro atoms. The van der Waals surface area contributed by atoms with Crippen molar-refractivity contribution >= 4 is 0 Å². The van der Waals surface area contributed by atoms with Crippen LogP contribution >= 0.6 is 0 Å². The molecule has 2 rings (SSSR count). The SMILES string of the molecule is Cc1ccnc(C[C@H](C)N(C)Cc2cc(C)nn2C)c1. The highest BCUT2D eigenvalue weighted by atomic mass is 15.3. The number of aromatic nitrogens is 3. The molecule has 4 nitrogen and oxygen atoms in total. The smallest absolute Gasteiger partial charge is 0.0597 e. The van der Waals surface area contributed by atoms with Crippen LogP contribution < -0.4 is 0 Å². The van der Waals surface area contributed by atoms with Crippen LogP contribution in [0.25, 0.3) is 0 Å². The van der Waals surface area contributed by atoms with E-state index in [9.17, 15) is 0 Å². The van der Waals surface area contributed by atoms with Crippen LogP contribution in [0.15, 0.2) is 24.4 Å². The van der Waals surface area contributed by atoms with Gasteiger partial charge in [0.2, 0.25) is 0 Å². The van der Waals surface area contributed by atoms with Crippen molar-refractivity contribution in [3.63, 3.8) is 0 Å². The van der Waals surface area contributed by atoms with E-state index in [0.717, 1.165) is 24.4 Å². The van der Waals surface area contributed by atoms with E-state index >= 15 is 0 Å². The van der Waals surface area contributed by atoms with Crippen molar-refractivity contribution in [2.24, 2.45) is 7.05 Å². The Morgan fingerprint density at radius 3 is 2.65 bits per heavy atom. The second kappa shape index (κ2) is 6.18. The number of aryl methyl sites for hydroxylation is 3. The summed E-state index contributed by atoms with van der Waals surface area (Å²) in [5.41, 5.74) is 4.75. The number of likely N-dealkylation sites (N-methyl/N-ethyl adjacent to an activating group) is 1. The minimum atomic E-state index is 0.444. The quantitative estimate of drug-likeness (QED) is 0.838. The fraction of sp³-hybridized carbons (Fsp3) is 0.500. The van der Waals surface area contributed by atoms with Crippen molar-refractivity contribution in [1.82, 2.24) is 19.7 Å². The number of rotatable bonds is 5. The van der Waals surface area contributed by atoms with E-state index in [2.05, 4.69) is 48.0 Å². The molecule has 0 fully saturated rings. The van der Waals surface area contributed by atoms with E-state index in [-0.39, 0.29) is 0 Å². The van der Waals surface area contributed by atoms with Crippen molar-refractivity contribution in [1.29, 1.82) is 0 Å². The van der Waals surface area contributed by atoms with Crippen LogP contribution in [0.3, 0.4) is 0 Å². The van der Waals surface area contributed by atoms with Gasteiger partial charge < -0.3 is 0 Å². The molecule has 0 amide bonds. The fourth-order valence-corrected chi connectivity index (χ4v) is 2.39. The Morgan fingerprint density at radius 1 is 1.30 bits per heavy atom. The largest absolute Gasteiger partial charge is 0.297 e. The van der Waals surface area contributed by atoms with Crippen molar-refractivity contribution < 1.29 is 0 Å². The van der Waals surface area contributed by atoms with Gasteiger partial charge >= 0.3 is 0 Å². The van der Waals surface area contributed by atoms with Crippen LogP contribution in [0.4, 0.5) is 0 Å². The molecule has 108 valence electrons. The Balaban J connectivity index is 1.98. The van der Waals surface area contributed by atoms with Crippen LogP contribution in [0.2, 0.25) is 0 Å². The van der Waals surface area contributed by atoms with Crippen molar-refractivity contribution in [3.05, 3.63) is 47.0 Å². The molecule has 0 aliphatic rings. The predicted octanol–water partition coefficient (Wildman–Crippen LogP) is 2.49. The number of nitrogens with zero attached hydrogens (tertiary/aromatic N) is 4. The molecule has 4 heteroatoms. The topological polar surface area (TPSA) is 34.0 Å². The molecule has 0 N–H and O–H groups in total. The van der Waals surface area contributed by atoms with Crippen molar-refractivity contribution in [2.45, 2.75) is 39.8 Å². The van der Waals surface area contributed by atoms with Gasteiger partial charge in [-0.1, -0.05) is 0 Å². The molecule has 2 aromatic rings. The highest BCUT2D eigenvalue weighted by Gasteiger charge is 2.13. The summed E-state index contributed by atoms with van der Waals surface area (Å²) in [4.78, 5) is 6.79. The van der Waals surface area contributed by atoms with Gasteiger partial charge in [0, 0.05) is 37.9 Å². The van der Waals surface area contributed by atoms with Crippen LogP contribution in [0, 0.1) is 13.8 Å². The summed E-state index contributed by atoms with van der Waals surface area (Å²) in [6.45, 7) is 7.29. The second-order valence-corrected chi connectivity index (χ2v) is 5.69. The highest BCUT2D eigenvalue weighted by Crippen LogP contribution is 2.11. The van der Waals surface area contributed by atoms with Gasteiger partial charge in [0.25, 0.3) is 0 Å². The minimum Gasteiger partial charge on any atom is -0.297 e. The number of pyridine rings is 1. The molecule has 0 aliphatic carbocycles. The zero-order valence-corrected chi connectivity index (χ0v) is 13.1. The Kier molecular flexibility index (Phi) is 4.55. The molecule has 0 saturated carbocycles. The Morgan fingerprint density at radius 2 is 2.05 bits per heavy atom. The maximum atomic E-state index is 4.45. The van der Waals surface area contributed by atoms with E-state index in [1.54, 1.807) is 0 Å². The zero-order valence-electron chi connectivity index (χ0n) is 13.1. The van der Waals surface area contributed by atoms with Gasteiger partial charge in [-0.3, -0.25) is 14.6 Å². The second-order valence-electron chi connectivity index (χ2n) is 5.69. The number of hydrogen-bond donors (Lipinski definition) is 0. The van der Waals surface area contributed by atoms with Crippen LogP contribution in [-0.2, 0) is 20.0 Å². The summed E-state index contributed by atoms with van der Waals surface area (Å²) in [5.74, 6) is 0. The van der Waals surface area contributed by atoms with E-state index < -0.39 is 0 Å². The van der Waals surface area contributed by atoms with Gasteiger partial charge in [-0.2, -0.15) is 5.10 Å². The molecule has 20 heavy (non-hydrogen) atoms. The summed E-state index contributed by atoms with van der Waals surface area (Å²) in [7, 11) is 4.16. The Hall–Kier alpha value is -1.68. The van der Waals surface area contributed by atoms with Gasteiger partial charge in [-0.05, 0) is 51.6 Å². The Bertz CT molecular complexity index is 574. The van der Waals surface area contributed by atoms with Gasteiger partial charge in [-0.25, -0.2) is 0 Å². The molecule has 2 aromatic heterocycles. The first-order valence-electron chi connectivity index (χ1n) is 7.07. The van der Waals surface area contributed by atoms with Crippen LogP contribution in [0.5, 0.6) is 0 Å². The molecule has 0 aromatic carbocycles. The first kappa shape index (κ1) is 14.7. The van der Waals surface area contributed by atoms with Crippen LogP contribution in [-0.4, -0.2) is 32.8 Å². The molecule has 2 heterocycles. The molecule has 0 unspecified atom stereocenters. The first-order valence-corrected chi connectivity index (χ1v) is 7.07. The van der Waals surface area contributed by atoms with Crippen molar-refractivity contribution in [3.8, 4) is 0 Å². The van der Waals surface area contributed by atoms with E-state index in [1.807, 2.05) is 30.9 Å². The lowest BCUT2D eigenvalue weighted by Gasteiger charge is -2.24. The third-order valence-electron chi connectivity index (χ3n) is 3.74. The van der Waals surface area contributed by atoms with Crippen molar-refractivity contribution in [2.75, 3.05) is 7.05 Å². The number of hydrogen-bond acceptors (Lipinski definition) is 3. The van der Waals surface area contributed by atoms with Gasteiger partial charge in [0.1, 0.15) is 0 Å². The van der Waals surface area contributed by atoms with Gasteiger partial charge in [0.15, 0.2) is 0 Å². The van der Waals surface area contributed by atoms with Gasteiger partial charge in [-0.15, -0.1) is 0 Å². The van der Waals surface area contributed by atoms with E-state index in [4.69, 9.17) is 0 Å². The Labute approximate surface area is 121 Å². The third-order valence-corrected chi connectivity index (χ3v) is 3.74. The molecule has 1 atom stereocenters. The average molecular weight is 272 g/mol. The maximum Gasteiger partial charge on any atom is 0.0597 e. The standard InChI is InChI=1S/C16H24N4/c1-12-6-7-17-15(8-12)10-14(3)19(4)11-16-9-13(2)18-20(16)5/h6-9,14H,10-11H2,1-5H3/t14-/m0/s1. The van der Waals surface area contributed by atoms with E-state index in [1.165, 1.54) is 11.3 Å². The average Bonchev–Trinajstić information content (AvgIpc) is 2.67. The van der Waals surface area contributed by atoms with Crippen LogP contribution in [0.1, 0.15) is 29.6 Å². The molecule has 0 aliphatic heterocycles. The molecular formula is C16H24N4. The summed E-state index contributed by atoms with van der Waals surface area (Å²) in [6, 6.07) is 6.79. The summed E-state index contributed by atoms with van der Waals surface area (Å²) >= 11 is 0. The highest BCUT2D eigenvalue weighted by molar-refractivity contribution is 5.15. The predicted molar refractivity (Wildman–Crippen MR) is 81.6 cm³/mol.